The highest BCUT2D eigenvalue weighted by atomic mass is 19.3. The lowest BCUT2D eigenvalue weighted by atomic mass is 9.77. The fraction of sp³-hybridized carbons (Fsp3) is 0.100. The van der Waals surface area contributed by atoms with Gasteiger partial charge >= 0.3 is 6.98 Å². The van der Waals surface area contributed by atoms with Gasteiger partial charge in [-0.1, -0.05) is 5.92 Å². The number of amides is 1. The number of nitrogens with one attached hydrogen (secondary N) is 1. The van der Waals surface area contributed by atoms with E-state index in [2.05, 4.69) is 0 Å². The number of hydrogen-bond acceptors (Lipinski definition) is 1. The lowest BCUT2D eigenvalue weighted by molar-refractivity contribution is 0.0950. The summed E-state index contributed by atoms with van der Waals surface area (Å²) in [7, 11) is 0. The first-order chi connectivity index (χ1) is 8.70. The predicted molar refractivity (Wildman–Crippen MR) is 56.2 cm³/mol. The third-order valence-electron chi connectivity index (χ3n) is 2.11. The van der Waals surface area contributed by atoms with Crippen molar-refractivity contribution in [1.29, 1.82) is 0 Å². The highest BCUT2D eigenvalue weighted by Gasteiger charge is 2.36. The van der Waals surface area contributed by atoms with Crippen molar-refractivity contribution in [1.82, 2.24) is 5.32 Å². The molecule has 2 nitrogen and oxygen atoms in total. The minimum absolute atomic E-state index is 0.196. The van der Waals surface area contributed by atoms with Crippen LogP contribution in [0.4, 0.5) is 26.1 Å². The van der Waals surface area contributed by atoms with Crippen LogP contribution in [0.2, 0.25) is 0 Å². The standard InChI is InChI=1S/C10H5BF6NO/c1-2-3-18-10(19)7-5(12)4-6(13)8(9(7)14)11(15,16)17/h1,4H,3H2,(H,18,19)/q-1/i15-1. The largest absolute Gasteiger partial charge is 0.515 e. The molecule has 0 bridgehead atoms. The number of halogens is 6. The Morgan fingerprint density at radius 3 is 2.32 bits per heavy atom. The monoisotopic (exact) mass is 279 g/mol. The van der Waals surface area contributed by atoms with Crippen molar-refractivity contribution in [3.8, 4) is 12.3 Å². The van der Waals surface area contributed by atoms with E-state index in [1.165, 1.54) is 0 Å². The SMILES string of the molecule is C#CCNC(=O)c1c(F)cc(F)c([B-](F)(F)[18F])c1F. The summed E-state index contributed by atoms with van der Waals surface area (Å²) in [6.45, 7) is -6.51. The number of benzene rings is 1. The van der Waals surface area contributed by atoms with Crippen LogP contribution in [-0.4, -0.2) is 19.4 Å². The van der Waals surface area contributed by atoms with Crippen LogP contribution in [0.3, 0.4) is 0 Å². The van der Waals surface area contributed by atoms with Gasteiger partial charge in [0, 0.05) is 6.07 Å². The molecule has 0 aliphatic rings. The molecule has 0 aliphatic carbocycles. The Hall–Kier alpha value is -2.11. The Morgan fingerprint density at radius 1 is 1.26 bits per heavy atom. The molecule has 1 aromatic rings. The Kier molecular flexibility index (Phi) is 4.14. The maximum Gasteiger partial charge on any atom is 0.515 e. The Morgan fingerprint density at radius 2 is 1.84 bits per heavy atom. The second-order valence-electron chi connectivity index (χ2n) is 3.40. The van der Waals surface area contributed by atoms with Crippen LogP contribution in [-0.2, 0) is 0 Å². The number of terminal acetylenes is 1. The van der Waals surface area contributed by atoms with Crippen LogP contribution >= 0.6 is 0 Å². The van der Waals surface area contributed by atoms with Crippen molar-refractivity contribution in [3.63, 3.8) is 0 Å². The van der Waals surface area contributed by atoms with E-state index < -0.39 is 47.9 Å². The maximum atomic E-state index is 13.5. The first kappa shape index (κ1) is 15.0. The Bertz CT molecular complexity index is 563. The molecule has 0 heterocycles. The van der Waals surface area contributed by atoms with E-state index in [9.17, 15) is 30.9 Å². The van der Waals surface area contributed by atoms with Gasteiger partial charge in [0.15, 0.2) is 0 Å². The molecule has 0 unspecified atom stereocenters. The zero-order chi connectivity index (χ0) is 14.8. The molecule has 1 amide bonds. The first-order valence-electron chi connectivity index (χ1n) is 4.79. The highest BCUT2D eigenvalue weighted by Crippen LogP contribution is 2.19. The molecule has 1 aromatic carbocycles. The summed E-state index contributed by atoms with van der Waals surface area (Å²) in [6.07, 6.45) is 4.77. The molecule has 0 saturated carbocycles. The van der Waals surface area contributed by atoms with E-state index in [1.54, 1.807) is 5.32 Å². The minimum Gasteiger partial charge on any atom is -0.445 e. The minimum atomic E-state index is -6.07. The summed E-state index contributed by atoms with van der Waals surface area (Å²) in [5.74, 6) is -5.75. The molecule has 1 rings (SSSR count). The number of carbonyl (C=O) groups is 1. The summed E-state index contributed by atoms with van der Waals surface area (Å²) in [4.78, 5) is 11.3. The summed E-state index contributed by atoms with van der Waals surface area (Å²) in [5.41, 5.74) is -3.79. The van der Waals surface area contributed by atoms with E-state index >= 15 is 0 Å². The quantitative estimate of drug-likeness (QED) is 0.507. The van der Waals surface area contributed by atoms with Gasteiger partial charge in [0.25, 0.3) is 5.91 Å². The second kappa shape index (κ2) is 5.26. The van der Waals surface area contributed by atoms with Crippen molar-refractivity contribution in [2.24, 2.45) is 0 Å². The summed E-state index contributed by atoms with van der Waals surface area (Å²) >= 11 is 0. The van der Waals surface area contributed by atoms with Crippen LogP contribution in [0.25, 0.3) is 0 Å². The van der Waals surface area contributed by atoms with E-state index in [0.717, 1.165) is 0 Å². The van der Waals surface area contributed by atoms with Crippen LogP contribution in [0, 0.1) is 29.8 Å². The van der Waals surface area contributed by atoms with Crippen molar-refractivity contribution in [3.05, 3.63) is 29.1 Å². The molecule has 0 fully saturated rings. The van der Waals surface area contributed by atoms with Gasteiger partial charge in [-0.25, -0.2) is 13.2 Å². The van der Waals surface area contributed by atoms with Gasteiger partial charge < -0.3 is 18.3 Å². The van der Waals surface area contributed by atoms with E-state index in [4.69, 9.17) is 6.42 Å². The van der Waals surface area contributed by atoms with Gasteiger partial charge in [0.1, 0.15) is 23.0 Å². The Balaban J connectivity index is 3.42. The van der Waals surface area contributed by atoms with E-state index in [1.807, 2.05) is 5.92 Å². The van der Waals surface area contributed by atoms with Gasteiger partial charge in [-0.15, -0.1) is 6.42 Å². The highest BCUT2D eigenvalue weighted by molar-refractivity contribution is 6.73. The zero-order valence-corrected chi connectivity index (χ0v) is 9.12. The smallest absolute Gasteiger partial charge is 0.445 e. The average molecular weight is 279 g/mol. The van der Waals surface area contributed by atoms with Crippen molar-refractivity contribution in [2.45, 2.75) is 0 Å². The molecule has 0 aliphatic heterocycles. The molecule has 9 heteroatoms. The van der Waals surface area contributed by atoms with Crippen LogP contribution < -0.4 is 10.8 Å². The van der Waals surface area contributed by atoms with Gasteiger partial charge in [-0.05, 0) is 5.46 Å². The topological polar surface area (TPSA) is 29.1 Å². The van der Waals surface area contributed by atoms with Gasteiger partial charge in [0.2, 0.25) is 0 Å². The molecule has 0 spiro atoms. The summed E-state index contributed by atoms with van der Waals surface area (Å²) in [6, 6.07) is -0.196. The molecule has 0 radical (unpaired) electrons. The van der Waals surface area contributed by atoms with Gasteiger partial charge in [-0.2, -0.15) is 0 Å². The first-order valence-corrected chi connectivity index (χ1v) is 4.79. The van der Waals surface area contributed by atoms with E-state index in [-0.39, 0.29) is 6.07 Å². The van der Waals surface area contributed by atoms with Crippen molar-refractivity contribution >= 4 is 18.3 Å². The predicted octanol–water partition coefficient (Wildman–Crippen LogP) is 1.52. The van der Waals surface area contributed by atoms with Gasteiger partial charge in [0.05, 0.1) is 6.54 Å². The molecule has 1 N–H and O–H groups in total. The van der Waals surface area contributed by atoms with Crippen LogP contribution in [0.5, 0.6) is 0 Å². The molecule has 0 saturated heterocycles. The van der Waals surface area contributed by atoms with Gasteiger partial charge in [-0.3, -0.25) is 4.79 Å². The third kappa shape index (κ3) is 3.02. The molecule has 0 atom stereocenters. The number of carbonyl (C=O) groups excluding carboxylic acids is 1. The van der Waals surface area contributed by atoms with E-state index in [0.29, 0.717) is 0 Å². The summed E-state index contributed by atoms with van der Waals surface area (Å²) in [5, 5.41) is 1.79. The molecular weight excluding hydrogens is 274 g/mol. The van der Waals surface area contributed by atoms with Crippen molar-refractivity contribution in [2.75, 3.05) is 6.54 Å². The second-order valence-corrected chi connectivity index (χ2v) is 3.40. The molecule has 102 valence electrons. The number of hydrogen-bond donors (Lipinski definition) is 1. The lowest BCUT2D eigenvalue weighted by Gasteiger charge is -2.18. The zero-order valence-electron chi connectivity index (χ0n) is 9.12. The van der Waals surface area contributed by atoms with Crippen molar-refractivity contribution < 1.29 is 30.9 Å². The summed E-state index contributed by atoms with van der Waals surface area (Å²) < 4.78 is 76.9. The maximum absolute atomic E-state index is 13.5. The fourth-order valence-electron chi connectivity index (χ4n) is 1.33. The molecule has 19 heavy (non-hydrogen) atoms. The molecule has 0 aromatic heterocycles. The van der Waals surface area contributed by atoms with Crippen LogP contribution in [0.1, 0.15) is 10.4 Å². The Labute approximate surface area is 103 Å². The average Bonchev–Trinajstić information content (AvgIpc) is 2.23. The van der Waals surface area contributed by atoms with Crippen LogP contribution in [0.15, 0.2) is 6.07 Å². The lowest BCUT2D eigenvalue weighted by Crippen LogP contribution is -2.42. The fourth-order valence-corrected chi connectivity index (χ4v) is 1.33. The third-order valence-corrected chi connectivity index (χ3v) is 2.11. The number of rotatable bonds is 3. The normalized spacial score (nSPS) is 11.0. The molecular formula is C10H5BF6NO-.